The predicted molar refractivity (Wildman–Crippen MR) is 142 cm³/mol. The van der Waals surface area contributed by atoms with E-state index in [0.717, 1.165) is 60.4 Å². The van der Waals surface area contributed by atoms with Crippen LogP contribution in [0.25, 0.3) is 21.3 Å². The number of hydrogen-bond acceptors (Lipinski definition) is 6. The van der Waals surface area contributed by atoms with E-state index in [1.54, 1.807) is 24.5 Å². The lowest BCUT2D eigenvalue weighted by Crippen LogP contribution is -2.32. The van der Waals surface area contributed by atoms with E-state index < -0.39 is 11.4 Å². The summed E-state index contributed by atoms with van der Waals surface area (Å²) < 4.78 is 7.79. The van der Waals surface area contributed by atoms with Crippen molar-refractivity contribution in [3.8, 4) is 16.2 Å². The van der Waals surface area contributed by atoms with Gasteiger partial charge in [0.15, 0.2) is 10.9 Å². The SMILES string of the molecule is CCNC(=S)N/N=C1/CCCc2sc(-c3ccc4c(=O)c(C(=O)O)cn(C5CC5)c4c3OC)cc21. The Bertz CT molecular complexity index is 1440. The van der Waals surface area contributed by atoms with E-state index in [4.69, 9.17) is 17.0 Å². The average Bonchev–Trinajstić information content (AvgIpc) is 3.59. The highest BCUT2D eigenvalue weighted by atomic mass is 32.1. The number of aryl methyl sites for hydroxylation is 1. The minimum absolute atomic E-state index is 0.169. The van der Waals surface area contributed by atoms with Gasteiger partial charge in [0.25, 0.3) is 0 Å². The summed E-state index contributed by atoms with van der Waals surface area (Å²) in [6, 6.07) is 5.88. The standard InChI is InChI=1S/C25H26N4O4S2/c1-3-26-25(34)28-27-18-5-4-6-19-16(18)11-20(35-19)14-9-10-15-21(23(14)33-2)29(13-7-8-13)12-17(22(15)30)24(31)32/h9-13H,3-8H2,1-2H3,(H,31,32)(H2,26,28,34)/b27-18-. The Labute approximate surface area is 211 Å². The maximum atomic E-state index is 13.0. The highest BCUT2D eigenvalue weighted by molar-refractivity contribution is 7.80. The van der Waals surface area contributed by atoms with Gasteiger partial charge in [0.1, 0.15) is 5.56 Å². The Hall–Kier alpha value is -3.24. The first-order valence-electron chi connectivity index (χ1n) is 11.7. The summed E-state index contributed by atoms with van der Waals surface area (Å²) in [6.45, 7) is 2.71. The molecule has 8 nitrogen and oxygen atoms in total. The molecule has 0 aliphatic heterocycles. The van der Waals surface area contributed by atoms with Crippen LogP contribution in [0.2, 0.25) is 0 Å². The molecule has 10 heteroatoms. The van der Waals surface area contributed by atoms with Crippen molar-refractivity contribution in [2.24, 2.45) is 5.10 Å². The van der Waals surface area contributed by atoms with Gasteiger partial charge < -0.3 is 19.7 Å². The summed E-state index contributed by atoms with van der Waals surface area (Å²) in [4.78, 5) is 27.0. The lowest BCUT2D eigenvalue weighted by Gasteiger charge is -2.17. The molecule has 0 radical (unpaired) electrons. The molecule has 0 saturated heterocycles. The number of hydrazone groups is 1. The van der Waals surface area contributed by atoms with Gasteiger partial charge in [0.2, 0.25) is 5.43 Å². The molecule has 0 amide bonds. The number of benzene rings is 1. The highest BCUT2D eigenvalue weighted by Crippen LogP contribution is 2.45. The number of carboxylic acids is 1. The van der Waals surface area contributed by atoms with Crippen molar-refractivity contribution in [1.29, 1.82) is 0 Å². The van der Waals surface area contributed by atoms with Crippen LogP contribution in [0.4, 0.5) is 0 Å². The van der Waals surface area contributed by atoms with E-state index in [9.17, 15) is 14.7 Å². The van der Waals surface area contributed by atoms with E-state index in [-0.39, 0.29) is 11.6 Å². The Balaban J connectivity index is 1.64. The molecule has 1 saturated carbocycles. The van der Waals surface area contributed by atoms with Crippen molar-refractivity contribution in [3.63, 3.8) is 0 Å². The molecule has 2 aliphatic carbocycles. The van der Waals surface area contributed by atoms with Gasteiger partial charge in [0, 0.05) is 39.7 Å². The minimum Gasteiger partial charge on any atom is -0.494 e. The zero-order valence-corrected chi connectivity index (χ0v) is 21.1. The second-order valence-corrected chi connectivity index (χ2v) is 10.2. The molecule has 2 aliphatic rings. The fourth-order valence-electron chi connectivity index (χ4n) is 4.59. The number of fused-ring (bicyclic) bond motifs is 2. The third-order valence-electron chi connectivity index (χ3n) is 6.35. The predicted octanol–water partition coefficient (Wildman–Crippen LogP) is 4.30. The van der Waals surface area contributed by atoms with Crippen LogP contribution in [-0.2, 0) is 6.42 Å². The lowest BCUT2D eigenvalue weighted by atomic mass is 9.96. The van der Waals surface area contributed by atoms with Crippen LogP contribution in [0, 0.1) is 0 Å². The third kappa shape index (κ3) is 4.32. The summed E-state index contributed by atoms with van der Waals surface area (Å²) in [5, 5.41) is 18.0. The number of nitrogens with one attached hydrogen (secondary N) is 2. The normalized spacial score (nSPS) is 16.2. The molecule has 3 aromatic rings. The molecule has 2 aromatic heterocycles. The van der Waals surface area contributed by atoms with E-state index in [1.807, 2.05) is 17.6 Å². The summed E-state index contributed by atoms with van der Waals surface area (Å²) in [5.74, 6) is -0.624. The Kier molecular flexibility index (Phi) is 6.33. The zero-order valence-electron chi connectivity index (χ0n) is 19.5. The number of hydrogen-bond donors (Lipinski definition) is 3. The van der Waals surface area contributed by atoms with Gasteiger partial charge >= 0.3 is 5.97 Å². The van der Waals surface area contributed by atoms with Crippen LogP contribution in [0.5, 0.6) is 5.75 Å². The number of nitrogens with zero attached hydrogens (tertiary/aromatic N) is 2. The molecule has 0 atom stereocenters. The highest BCUT2D eigenvalue weighted by Gasteiger charge is 2.30. The first-order valence-corrected chi connectivity index (χ1v) is 12.9. The zero-order chi connectivity index (χ0) is 24.7. The molecular weight excluding hydrogens is 484 g/mol. The number of aromatic carboxylic acids is 1. The van der Waals surface area contributed by atoms with Gasteiger partial charge in [-0.2, -0.15) is 5.10 Å². The molecule has 35 heavy (non-hydrogen) atoms. The van der Waals surface area contributed by atoms with Gasteiger partial charge in [-0.05, 0) is 69.4 Å². The quantitative estimate of drug-likeness (QED) is 0.336. The first-order chi connectivity index (χ1) is 16.9. The van der Waals surface area contributed by atoms with Crippen LogP contribution in [0.1, 0.15) is 59.4 Å². The smallest absolute Gasteiger partial charge is 0.341 e. The maximum absolute atomic E-state index is 13.0. The van der Waals surface area contributed by atoms with Crippen LogP contribution >= 0.6 is 23.6 Å². The number of carbonyl (C=O) groups is 1. The second-order valence-electron chi connectivity index (χ2n) is 8.69. The number of ether oxygens (including phenoxy) is 1. The van der Waals surface area contributed by atoms with Crippen molar-refractivity contribution >= 4 is 51.3 Å². The van der Waals surface area contributed by atoms with E-state index in [2.05, 4.69) is 21.9 Å². The molecule has 2 heterocycles. The molecule has 1 aromatic carbocycles. The number of thiophene rings is 1. The monoisotopic (exact) mass is 510 g/mol. The topological polar surface area (TPSA) is 105 Å². The average molecular weight is 511 g/mol. The van der Waals surface area contributed by atoms with Crippen LogP contribution in [-0.4, -0.2) is 40.1 Å². The fourth-order valence-corrected chi connectivity index (χ4v) is 6.02. The molecule has 1 fully saturated rings. The van der Waals surface area contributed by atoms with Gasteiger partial charge in [-0.1, -0.05) is 0 Å². The molecule has 5 rings (SSSR count). The lowest BCUT2D eigenvalue weighted by molar-refractivity contribution is 0.0695. The number of pyridine rings is 1. The Morgan fingerprint density at radius 2 is 2.11 bits per heavy atom. The minimum atomic E-state index is -1.21. The van der Waals surface area contributed by atoms with Crippen LogP contribution in [0.3, 0.4) is 0 Å². The number of aromatic nitrogens is 1. The van der Waals surface area contributed by atoms with Gasteiger partial charge in [-0.25, -0.2) is 4.79 Å². The molecule has 0 bridgehead atoms. The van der Waals surface area contributed by atoms with Crippen LogP contribution < -0.4 is 20.9 Å². The van der Waals surface area contributed by atoms with E-state index in [0.29, 0.717) is 21.8 Å². The van der Waals surface area contributed by atoms with E-state index in [1.165, 1.54) is 11.1 Å². The molecule has 0 spiro atoms. The number of carboxylic acid groups (broad SMARTS) is 1. The summed E-state index contributed by atoms with van der Waals surface area (Å²) in [6.07, 6.45) is 6.20. The fraction of sp³-hybridized carbons (Fsp3) is 0.360. The Morgan fingerprint density at radius 3 is 2.80 bits per heavy atom. The third-order valence-corrected chi connectivity index (χ3v) is 7.82. The van der Waals surface area contributed by atoms with E-state index >= 15 is 0 Å². The number of thiocarbonyl (C=S) groups is 1. The molecular formula is C25H26N4O4S2. The van der Waals surface area contributed by atoms with Gasteiger partial charge in [-0.15, -0.1) is 11.3 Å². The summed E-state index contributed by atoms with van der Waals surface area (Å²) in [7, 11) is 1.59. The molecule has 0 unspecified atom stereocenters. The molecule has 182 valence electrons. The summed E-state index contributed by atoms with van der Waals surface area (Å²) in [5.41, 5.74) is 5.84. The van der Waals surface area contributed by atoms with Crippen molar-refractivity contribution in [1.82, 2.24) is 15.3 Å². The van der Waals surface area contributed by atoms with Gasteiger partial charge in [0.05, 0.1) is 23.7 Å². The van der Waals surface area contributed by atoms with Gasteiger partial charge in [-0.3, -0.25) is 10.2 Å². The maximum Gasteiger partial charge on any atom is 0.341 e. The summed E-state index contributed by atoms with van der Waals surface area (Å²) >= 11 is 6.94. The largest absolute Gasteiger partial charge is 0.494 e. The molecule has 3 N–H and O–H groups in total. The number of methoxy groups -OCH3 is 1. The Morgan fingerprint density at radius 1 is 1.31 bits per heavy atom. The van der Waals surface area contributed by atoms with Crippen LogP contribution in [0.15, 0.2) is 34.3 Å². The van der Waals surface area contributed by atoms with Crippen molar-refractivity contribution < 1.29 is 14.6 Å². The first kappa shape index (κ1) is 23.5. The second kappa shape index (κ2) is 9.43. The van der Waals surface area contributed by atoms with Crippen molar-refractivity contribution in [2.45, 2.75) is 45.1 Å². The van der Waals surface area contributed by atoms with Crippen molar-refractivity contribution in [3.05, 3.63) is 50.6 Å². The number of rotatable bonds is 6. The van der Waals surface area contributed by atoms with Crippen molar-refractivity contribution in [2.75, 3.05) is 13.7 Å².